The lowest BCUT2D eigenvalue weighted by Gasteiger charge is -2.25. The zero-order valence-corrected chi connectivity index (χ0v) is 5.98. The van der Waals surface area contributed by atoms with Gasteiger partial charge in [-0.3, -0.25) is 0 Å². The summed E-state index contributed by atoms with van der Waals surface area (Å²) in [4.78, 5) is 0. The smallest absolute Gasteiger partial charge is 0.0129 e. The Hall–Kier alpha value is -0.880. The first-order chi connectivity index (χ1) is 4.97. The minimum absolute atomic E-state index is 0.808. The van der Waals surface area contributed by atoms with Crippen molar-refractivity contribution in [2.75, 3.05) is 0 Å². The summed E-state index contributed by atoms with van der Waals surface area (Å²) >= 11 is 0. The van der Waals surface area contributed by atoms with Gasteiger partial charge < -0.3 is 0 Å². The van der Waals surface area contributed by atoms with Crippen molar-refractivity contribution in [3.8, 4) is 23.7 Å². The van der Waals surface area contributed by atoms with Gasteiger partial charge in [0.25, 0.3) is 0 Å². The molecule has 50 valence electrons. The van der Waals surface area contributed by atoms with Gasteiger partial charge in [-0.2, -0.15) is 0 Å². The molecule has 2 rings (SSSR count). The second-order valence-corrected chi connectivity index (χ2v) is 3.04. The van der Waals surface area contributed by atoms with Crippen molar-refractivity contribution in [2.45, 2.75) is 25.7 Å². The second-order valence-electron chi connectivity index (χ2n) is 3.04. The van der Waals surface area contributed by atoms with Gasteiger partial charge in [0.05, 0.1) is 0 Å². The number of hydrogen-bond donors (Lipinski definition) is 0. The van der Waals surface area contributed by atoms with Crippen LogP contribution in [0.15, 0.2) is 0 Å². The van der Waals surface area contributed by atoms with E-state index in [0.29, 0.717) is 0 Å². The first-order valence-corrected chi connectivity index (χ1v) is 3.88. The van der Waals surface area contributed by atoms with Crippen LogP contribution in [-0.4, -0.2) is 0 Å². The van der Waals surface area contributed by atoms with Crippen LogP contribution in [0.2, 0.25) is 0 Å². The molecule has 0 aromatic heterocycles. The minimum atomic E-state index is 0.808. The standard InChI is InChI=1S/C10H10/c1-2-6-10-8-4-3-7-9(10)5-1/h9-10H,5-8H2/t9-,10-. The fourth-order valence-corrected chi connectivity index (χ4v) is 1.62. The van der Waals surface area contributed by atoms with E-state index in [0.717, 1.165) is 37.5 Å². The van der Waals surface area contributed by atoms with Crippen molar-refractivity contribution < 1.29 is 0 Å². The Balaban J connectivity index is 2.15. The molecular weight excluding hydrogens is 120 g/mol. The van der Waals surface area contributed by atoms with Crippen LogP contribution >= 0.6 is 0 Å². The predicted octanol–water partition coefficient (Wildman–Crippen LogP) is 1.81. The highest BCUT2D eigenvalue weighted by atomic mass is 14.2. The monoisotopic (exact) mass is 130 g/mol. The molecule has 0 aromatic carbocycles. The lowest BCUT2D eigenvalue weighted by molar-refractivity contribution is 0.340. The number of fused-ring (bicyclic) bond motifs is 1. The van der Waals surface area contributed by atoms with Gasteiger partial charge in [-0.1, -0.05) is 0 Å². The van der Waals surface area contributed by atoms with Crippen LogP contribution in [-0.2, 0) is 0 Å². The van der Waals surface area contributed by atoms with Crippen LogP contribution in [0.3, 0.4) is 0 Å². The molecule has 0 nitrogen and oxygen atoms in total. The van der Waals surface area contributed by atoms with Gasteiger partial charge in [0.15, 0.2) is 0 Å². The highest BCUT2D eigenvalue weighted by molar-refractivity contribution is 5.15. The van der Waals surface area contributed by atoms with Crippen molar-refractivity contribution in [1.29, 1.82) is 0 Å². The van der Waals surface area contributed by atoms with E-state index in [1.807, 2.05) is 0 Å². The zero-order valence-electron chi connectivity index (χ0n) is 5.98. The third-order valence-electron chi connectivity index (χ3n) is 2.37. The maximum absolute atomic E-state index is 3.17. The number of rotatable bonds is 0. The normalized spacial score (nSPS) is 34.4. The van der Waals surface area contributed by atoms with Crippen molar-refractivity contribution in [3.05, 3.63) is 0 Å². The molecule has 0 saturated heterocycles. The fourth-order valence-electron chi connectivity index (χ4n) is 1.62. The summed E-state index contributed by atoms with van der Waals surface area (Å²) in [5, 5.41) is 0. The summed E-state index contributed by atoms with van der Waals surface area (Å²) in [6, 6.07) is 0. The Bertz CT molecular complexity index is 193. The molecule has 0 bridgehead atoms. The Morgan fingerprint density at radius 3 is 1.20 bits per heavy atom. The molecule has 0 heteroatoms. The van der Waals surface area contributed by atoms with Gasteiger partial charge in [0, 0.05) is 25.7 Å². The van der Waals surface area contributed by atoms with Gasteiger partial charge in [-0.05, 0) is 11.8 Å². The molecule has 0 aromatic rings. The Labute approximate surface area is 62.0 Å². The third kappa shape index (κ3) is 0.910. The van der Waals surface area contributed by atoms with Gasteiger partial charge in [0.2, 0.25) is 0 Å². The zero-order chi connectivity index (χ0) is 6.81. The highest BCUT2D eigenvalue weighted by Crippen LogP contribution is 2.29. The average molecular weight is 130 g/mol. The summed E-state index contributed by atoms with van der Waals surface area (Å²) in [5.74, 6) is 14.3. The van der Waals surface area contributed by atoms with Gasteiger partial charge in [-0.15, -0.1) is 23.7 Å². The molecule has 0 atom stereocenters. The van der Waals surface area contributed by atoms with Crippen molar-refractivity contribution in [2.24, 2.45) is 11.8 Å². The molecule has 0 saturated carbocycles. The van der Waals surface area contributed by atoms with Crippen LogP contribution in [0.25, 0.3) is 0 Å². The Kier molecular flexibility index (Phi) is 1.40. The van der Waals surface area contributed by atoms with E-state index in [-0.39, 0.29) is 0 Å². The van der Waals surface area contributed by atoms with E-state index < -0.39 is 0 Å². The second kappa shape index (κ2) is 2.39. The maximum Gasteiger partial charge on any atom is 0.0129 e. The third-order valence-corrected chi connectivity index (χ3v) is 2.37. The molecule has 0 amide bonds. The van der Waals surface area contributed by atoms with Crippen LogP contribution in [0, 0.1) is 35.5 Å². The number of hydrogen-bond acceptors (Lipinski definition) is 0. The topological polar surface area (TPSA) is 0 Å². The van der Waals surface area contributed by atoms with Crippen molar-refractivity contribution in [1.82, 2.24) is 0 Å². The highest BCUT2D eigenvalue weighted by Gasteiger charge is 2.22. The molecular formula is C10H10. The van der Waals surface area contributed by atoms with Gasteiger partial charge in [-0.25, -0.2) is 0 Å². The van der Waals surface area contributed by atoms with Gasteiger partial charge >= 0.3 is 0 Å². The molecule has 0 fully saturated rings. The first kappa shape index (κ1) is 5.87. The molecule has 0 heterocycles. The minimum Gasteiger partial charge on any atom is -0.103 e. The molecule has 0 radical (unpaired) electrons. The largest absolute Gasteiger partial charge is 0.103 e. The summed E-state index contributed by atoms with van der Waals surface area (Å²) < 4.78 is 0. The summed E-state index contributed by atoms with van der Waals surface area (Å²) in [6.45, 7) is 0. The van der Waals surface area contributed by atoms with E-state index >= 15 is 0 Å². The van der Waals surface area contributed by atoms with Crippen LogP contribution in [0.5, 0.6) is 0 Å². The van der Waals surface area contributed by atoms with E-state index in [9.17, 15) is 0 Å². The molecule has 10 heavy (non-hydrogen) atoms. The Morgan fingerprint density at radius 2 is 0.900 bits per heavy atom. The SMILES string of the molecule is C1#CC[C@H]2CC#CC[C@@H]2C1. The summed E-state index contributed by atoms with van der Waals surface area (Å²) in [7, 11) is 0. The van der Waals surface area contributed by atoms with E-state index in [4.69, 9.17) is 0 Å². The van der Waals surface area contributed by atoms with Crippen molar-refractivity contribution >= 4 is 0 Å². The van der Waals surface area contributed by atoms with E-state index in [2.05, 4.69) is 23.7 Å². The summed E-state index contributed by atoms with van der Waals surface area (Å²) in [6.07, 6.45) is 4.39. The Morgan fingerprint density at radius 1 is 0.600 bits per heavy atom. The van der Waals surface area contributed by atoms with Crippen molar-refractivity contribution in [3.63, 3.8) is 0 Å². The fraction of sp³-hybridized carbons (Fsp3) is 0.600. The average Bonchev–Trinajstić information content (AvgIpc) is 2.05. The molecule has 2 aliphatic carbocycles. The van der Waals surface area contributed by atoms with E-state index in [1.165, 1.54) is 0 Å². The molecule has 0 N–H and O–H groups in total. The lowest BCUT2D eigenvalue weighted by atomic mass is 9.78. The van der Waals surface area contributed by atoms with Crippen LogP contribution in [0.1, 0.15) is 25.7 Å². The molecule has 0 aliphatic heterocycles. The van der Waals surface area contributed by atoms with Crippen LogP contribution < -0.4 is 0 Å². The van der Waals surface area contributed by atoms with Crippen LogP contribution in [0.4, 0.5) is 0 Å². The quantitative estimate of drug-likeness (QED) is 0.439. The van der Waals surface area contributed by atoms with E-state index in [1.54, 1.807) is 0 Å². The maximum atomic E-state index is 3.17. The predicted molar refractivity (Wildman–Crippen MR) is 41.0 cm³/mol. The summed E-state index contributed by atoms with van der Waals surface area (Å²) in [5.41, 5.74) is 0. The first-order valence-electron chi connectivity index (χ1n) is 3.88. The molecule has 2 aliphatic rings. The molecule has 0 unspecified atom stereocenters. The van der Waals surface area contributed by atoms with Gasteiger partial charge in [0.1, 0.15) is 0 Å². The lowest BCUT2D eigenvalue weighted by Crippen LogP contribution is -2.18. The molecule has 0 spiro atoms.